The number of halogens is 2. The minimum absolute atomic E-state index is 0.0379. The van der Waals surface area contributed by atoms with Gasteiger partial charge >= 0.3 is 6.09 Å². The van der Waals surface area contributed by atoms with Crippen molar-refractivity contribution in [2.75, 3.05) is 18.4 Å². The molecule has 29 heavy (non-hydrogen) atoms. The van der Waals surface area contributed by atoms with Gasteiger partial charge in [0, 0.05) is 12.5 Å². The molecule has 0 aliphatic carbocycles. The number of anilines is 1. The first-order chi connectivity index (χ1) is 13.6. The Hall–Kier alpha value is -2.16. The third-order valence-corrected chi connectivity index (χ3v) is 5.21. The van der Waals surface area contributed by atoms with Crippen molar-refractivity contribution in [1.29, 1.82) is 0 Å². The Bertz CT molecular complexity index is 883. The number of nitrogens with one attached hydrogen (secondary N) is 1. The summed E-state index contributed by atoms with van der Waals surface area (Å²) >= 11 is 6.20. The number of carbonyl (C=O) groups is 1. The van der Waals surface area contributed by atoms with Gasteiger partial charge in [-0.3, -0.25) is 0 Å². The van der Waals surface area contributed by atoms with Crippen molar-refractivity contribution >= 4 is 29.2 Å². The number of hydrogen-bond donors (Lipinski definition) is 1. The summed E-state index contributed by atoms with van der Waals surface area (Å²) in [6, 6.07) is -0.503. The second kappa shape index (κ2) is 8.30. The predicted octanol–water partition coefficient (Wildman–Crippen LogP) is 4.05. The van der Waals surface area contributed by atoms with Crippen LogP contribution in [0.3, 0.4) is 0 Å². The van der Waals surface area contributed by atoms with E-state index >= 15 is 0 Å². The number of nitrogens with zero attached hydrogens (tertiary/aromatic N) is 5. The van der Waals surface area contributed by atoms with E-state index in [0.717, 1.165) is 12.2 Å². The van der Waals surface area contributed by atoms with Crippen LogP contribution in [0, 0.1) is 0 Å². The number of likely N-dealkylation sites (tertiary alicyclic amines) is 1. The highest BCUT2D eigenvalue weighted by Crippen LogP contribution is 2.25. The standard InChI is InChI=1S/C19H28ClFN6O2/c1-6-11(2)16-24-15(20)14-9-22-17(25-27(14)16)23-13-7-8-26(10-12(13)21)18(28)29-19(3,4)5/h9,11-13H,6-8,10H2,1-5H3,(H,23,25)/t11?,12-,13+/m0/s1. The average Bonchev–Trinajstić information content (AvgIpc) is 2.97. The first kappa shape index (κ1) is 21.5. The molecule has 1 saturated heterocycles. The molecule has 10 heteroatoms. The van der Waals surface area contributed by atoms with Crippen molar-refractivity contribution in [2.45, 2.75) is 71.2 Å². The van der Waals surface area contributed by atoms with Gasteiger partial charge in [-0.15, -0.1) is 5.10 Å². The van der Waals surface area contributed by atoms with Gasteiger partial charge in [-0.05, 0) is 33.6 Å². The van der Waals surface area contributed by atoms with Crippen LogP contribution in [-0.2, 0) is 4.74 Å². The first-order valence-corrected chi connectivity index (χ1v) is 10.3. The Morgan fingerprint density at radius 3 is 2.83 bits per heavy atom. The molecule has 0 radical (unpaired) electrons. The Morgan fingerprint density at radius 1 is 1.48 bits per heavy atom. The van der Waals surface area contributed by atoms with Crippen LogP contribution < -0.4 is 5.32 Å². The van der Waals surface area contributed by atoms with Crippen LogP contribution in [0.2, 0.25) is 5.15 Å². The number of piperidine rings is 1. The van der Waals surface area contributed by atoms with Crippen molar-refractivity contribution in [2.24, 2.45) is 0 Å². The second-order valence-electron chi connectivity index (χ2n) is 8.43. The lowest BCUT2D eigenvalue weighted by molar-refractivity contribution is 0.0125. The Kier molecular flexibility index (Phi) is 6.16. The lowest BCUT2D eigenvalue weighted by Crippen LogP contribution is -2.51. The molecule has 3 atom stereocenters. The second-order valence-corrected chi connectivity index (χ2v) is 8.79. The molecule has 1 amide bonds. The van der Waals surface area contributed by atoms with Gasteiger partial charge in [0.05, 0.1) is 18.8 Å². The highest BCUT2D eigenvalue weighted by molar-refractivity contribution is 6.32. The fraction of sp³-hybridized carbons (Fsp3) is 0.684. The maximum absolute atomic E-state index is 14.7. The summed E-state index contributed by atoms with van der Waals surface area (Å²) in [6.45, 7) is 9.82. The summed E-state index contributed by atoms with van der Waals surface area (Å²) in [5, 5.41) is 7.88. The van der Waals surface area contributed by atoms with E-state index in [1.165, 1.54) is 4.90 Å². The Labute approximate surface area is 174 Å². The summed E-state index contributed by atoms with van der Waals surface area (Å²) in [5.74, 6) is 1.22. The van der Waals surface area contributed by atoms with E-state index in [-0.39, 0.29) is 12.5 Å². The number of carbonyl (C=O) groups excluding carboxylic acids is 1. The number of aromatic nitrogens is 4. The molecule has 8 nitrogen and oxygen atoms in total. The SMILES string of the molecule is CCC(C)c1nc(Cl)c2cnc(N[C@@H]3CCN(C(=O)OC(C)(C)C)C[C@@H]3F)nn12. The molecule has 0 saturated carbocycles. The molecule has 1 aliphatic heterocycles. The molecule has 3 heterocycles. The topological polar surface area (TPSA) is 84.7 Å². The van der Waals surface area contributed by atoms with Gasteiger partial charge in [0.1, 0.15) is 23.1 Å². The van der Waals surface area contributed by atoms with Crippen LogP contribution in [0.4, 0.5) is 15.1 Å². The van der Waals surface area contributed by atoms with Gasteiger partial charge in [-0.1, -0.05) is 25.4 Å². The Balaban J connectivity index is 1.71. The zero-order valence-corrected chi connectivity index (χ0v) is 18.2. The lowest BCUT2D eigenvalue weighted by Gasteiger charge is -2.35. The van der Waals surface area contributed by atoms with Crippen LogP contribution in [0.25, 0.3) is 5.52 Å². The lowest BCUT2D eigenvalue weighted by atomic mass is 10.0. The minimum atomic E-state index is -1.27. The van der Waals surface area contributed by atoms with E-state index in [4.69, 9.17) is 16.3 Å². The molecule has 160 valence electrons. The minimum Gasteiger partial charge on any atom is -0.444 e. The maximum atomic E-state index is 14.7. The van der Waals surface area contributed by atoms with Gasteiger partial charge in [-0.25, -0.2) is 23.7 Å². The number of amides is 1. The van der Waals surface area contributed by atoms with Crippen LogP contribution in [0.5, 0.6) is 0 Å². The van der Waals surface area contributed by atoms with E-state index in [9.17, 15) is 9.18 Å². The molecular weight excluding hydrogens is 399 g/mol. The van der Waals surface area contributed by atoms with E-state index < -0.39 is 23.9 Å². The first-order valence-electron chi connectivity index (χ1n) is 9.88. The fourth-order valence-electron chi connectivity index (χ4n) is 3.17. The Morgan fingerprint density at radius 2 is 2.21 bits per heavy atom. The summed E-state index contributed by atoms with van der Waals surface area (Å²) in [7, 11) is 0. The van der Waals surface area contributed by atoms with Crippen molar-refractivity contribution in [3.63, 3.8) is 0 Å². The monoisotopic (exact) mass is 426 g/mol. The van der Waals surface area contributed by atoms with Gasteiger partial charge in [-0.2, -0.15) is 0 Å². The van der Waals surface area contributed by atoms with Crippen LogP contribution in [-0.4, -0.2) is 61.5 Å². The van der Waals surface area contributed by atoms with Gasteiger partial charge < -0.3 is 15.0 Å². The van der Waals surface area contributed by atoms with Gasteiger partial charge in [0.15, 0.2) is 5.15 Å². The van der Waals surface area contributed by atoms with Gasteiger partial charge in [0.25, 0.3) is 0 Å². The highest BCUT2D eigenvalue weighted by atomic mass is 35.5. The maximum Gasteiger partial charge on any atom is 0.410 e. The molecule has 1 aliphatic rings. The highest BCUT2D eigenvalue weighted by Gasteiger charge is 2.34. The number of fused-ring (bicyclic) bond motifs is 1. The summed E-state index contributed by atoms with van der Waals surface area (Å²) in [6.07, 6.45) is 1.13. The quantitative estimate of drug-likeness (QED) is 0.793. The van der Waals surface area contributed by atoms with Crippen molar-refractivity contribution in [3.05, 3.63) is 17.2 Å². The van der Waals surface area contributed by atoms with Crippen molar-refractivity contribution in [3.8, 4) is 0 Å². The van der Waals surface area contributed by atoms with Crippen molar-refractivity contribution < 1.29 is 13.9 Å². The molecular formula is C19H28ClFN6O2. The van der Waals surface area contributed by atoms with Crippen LogP contribution >= 0.6 is 11.6 Å². The molecule has 2 aromatic rings. The van der Waals surface area contributed by atoms with E-state index in [2.05, 4.69) is 27.3 Å². The normalized spacial score (nSPS) is 21.3. The zero-order chi connectivity index (χ0) is 21.3. The largest absolute Gasteiger partial charge is 0.444 e. The molecule has 0 bridgehead atoms. The number of hydrogen-bond acceptors (Lipinski definition) is 6. The molecule has 3 rings (SSSR count). The third kappa shape index (κ3) is 4.88. The van der Waals surface area contributed by atoms with Crippen molar-refractivity contribution in [1.82, 2.24) is 24.5 Å². The van der Waals surface area contributed by atoms with Gasteiger partial charge in [0.2, 0.25) is 5.95 Å². The number of imidazole rings is 1. The third-order valence-electron chi connectivity index (χ3n) is 4.93. The molecule has 0 aromatic carbocycles. The smallest absolute Gasteiger partial charge is 0.410 e. The number of ether oxygens (including phenoxy) is 1. The van der Waals surface area contributed by atoms with Crippen LogP contribution in [0.15, 0.2) is 6.20 Å². The fourth-order valence-corrected chi connectivity index (χ4v) is 3.38. The predicted molar refractivity (Wildman–Crippen MR) is 109 cm³/mol. The summed E-state index contributed by atoms with van der Waals surface area (Å²) in [5.41, 5.74) is 0.00440. The average molecular weight is 427 g/mol. The zero-order valence-electron chi connectivity index (χ0n) is 17.4. The van der Waals surface area contributed by atoms with E-state index in [0.29, 0.717) is 29.6 Å². The number of alkyl halides is 1. The molecule has 1 unspecified atom stereocenters. The van der Waals surface area contributed by atoms with Crippen LogP contribution in [0.1, 0.15) is 59.2 Å². The number of rotatable bonds is 4. The summed E-state index contributed by atoms with van der Waals surface area (Å²) < 4.78 is 21.7. The van der Waals surface area contributed by atoms with E-state index in [1.807, 2.05) is 6.92 Å². The molecule has 2 aromatic heterocycles. The molecule has 1 fully saturated rings. The van der Waals surface area contributed by atoms with E-state index in [1.54, 1.807) is 31.5 Å². The molecule has 1 N–H and O–H groups in total. The molecule has 0 spiro atoms. The summed E-state index contributed by atoms with van der Waals surface area (Å²) in [4.78, 5) is 22.2.